The first-order valence-electron chi connectivity index (χ1n) is 17.8. The maximum absolute atomic E-state index is 4.43. The van der Waals surface area contributed by atoms with Gasteiger partial charge in [-0.3, -0.25) is 9.97 Å². The molecule has 0 unspecified atom stereocenters. The molecule has 4 nitrogen and oxygen atoms in total. The van der Waals surface area contributed by atoms with Crippen molar-refractivity contribution in [2.24, 2.45) is 0 Å². The van der Waals surface area contributed by atoms with Gasteiger partial charge >= 0.3 is 0 Å². The molecule has 0 aliphatic carbocycles. The van der Waals surface area contributed by atoms with E-state index in [9.17, 15) is 0 Å². The predicted molar refractivity (Wildman–Crippen MR) is 229 cm³/mol. The van der Waals surface area contributed by atoms with Gasteiger partial charge in [0.15, 0.2) is 0 Å². The summed E-state index contributed by atoms with van der Waals surface area (Å²) in [6.07, 6.45) is 7.47. The van der Waals surface area contributed by atoms with Gasteiger partial charge in [0.25, 0.3) is 0 Å². The Bertz CT molecular complexity index is 2380. The molecule has 0 bridgehead atoms. The standard InChI is InChI=1S/C48H34N4S2/c1-3-9-39(10-4-1)45-27-29-47(53-45)51(43-13-7-31-49-33-43)41-23-19-37(20-24-41)35-15-17-36(18-16-35)38-21-25-42(26-22-38)52(44-14-8-32-50-34-44)48-30-28-46(54-48)40-11-5-2-6-12-40/h1-34H. The number of anilines is 6. The summed E-state index contributed by atoms with van der Waals surface area (Å²) in [5.41, 5.74) is 11.3. The molecular weight excluding hydrogens is 697 g/mol. The topological polar surface area (TPSA) is 32.3 Å². The number of pyridine rings is 2. The Morgan fingerprint density at radius 1 is 0.296 bits per heavy atom. The monoisotopic (exact) mass is 730 g/mol. The third-order valence-electron chi connectivity index (χ3n) is 9.35. The van der Waals surface area contributed by atoms with Crippen LogP contribution in [-0.2, 0) is 0 Å². The molecule has 4 aromatic heterocycles. The third-order valence-corrected chi connectivity index (χ3v) is 11.6. The van der Waals surface area contributed by atoms with E-state index in [1.807, 2.05) is 36.9 Å². The zero-order valence-electron chi connectivity index (χ0n) is 29.2. The van der Waals surface area contributed by atoms with Crippen LogP contribution in [0.5, 0.6) is 0 Å². The van der Waals surface area contributed by atoms with Crippen LogP contribution in [0.15, 0.2) is 207 Å². The number of rotatable bonds is 10. The SMILES string of the molecule is c1ccc(-c2ccc(N(c3ccc(-c4ccc(-c5ccc(N(c6cccnc6)c6ccc(-c7ccccc7)s6)cc5)cc4)cc3)c3cccnc3)s2)cc1. The highest BCUT2D eigenvalue weighted by molar-refractivity contribution is 7.19. The molecule has 0 N–H and O–H groups in total. The zero-order chi connectivity index (χ0) is 36.1. The van der Waals surface area contributed by atoms with Crippen molar-refractivity contribution in [3.8, 4) is 43.1 Å². The fourth-order valence-corrected chi connectivity index (χ4v) is 8.76. The minimum Gasteiger partial charge on any atom is -0.300 e. The number of hydrogen-bond donors (Lipinski definition) is 0. The minimum atomic E-state index is 1.03. The van der Waals surface area contributed by atoms with Gasteiger partial charge in [0, 0.05) is 33.5 Å². The molecular formula is C48H34N4S2. The first-order valence-corrected chi connectivity index (χ1v) is 19.4. The van der Waals surface area contributed by atoms with Crippen LogP contribution in [-0.4, -0.2) is 9.97 Å². The average molecular weight is 731 g/mol. The number of hydrogen-bond acceptors (Lipinski definition) is 6. The summed E-state index contributed by atoms with van der Waals surface area (Å²) >= 11 is 3.55. The highest BCUT2D eigenvalue weighted by Crippen LogP contribution is 2.43. The van der Waals surface area contributed by atoms with Crippen LogP contribution in [0.1, 0.15) is 0 Å². The summed E-state index contributed by atoms with van der Waals surface area (Å²) in [5.74, 6) is 0. The predicted octanol–water partition coefficient (Wildman–Crippen LogP) is 14.2. The van der Waals surface area contributed by atoms with Crippen molar-refractivity contribution in [3.05, 3.63) is 207 Å². The fourth-order valence-electron chi connectivity index (χ4n) is 6.65. The van der Waals surface area contributed by atoms with Crippen molar-refractivity contribution in [1.82, 2.24) is 9.97 Å². The van der Waals surface area contributed by atoms with Crippen LogP contribution >= 0.6 is 22.7 Å². The quantitative estimate of drug-likeness (QED) is 0.140. The molecule has 0 atom stereocenters. The van der Waals surface area contributed by atoms with E-state index >= 15 is 0 Å². The molecule has 0 radical (unpaired) electrons. The molecule has 54 heavy (non-hydrogen) atoms. The van der Waals surface area contributed by atoms with Crippen molar-refractivity contribution in [1.29, 1.82) is 0 Å². The normalized spacial score (nSPS) is 11.0. The number of thiophene rings is 2. The summed E-state index contributed by atoms with van der Waals surface area (Å²) in [4.78, 5) is 15.9. The van der Waals surface area contributed by atoms with E-state index in [1.165, 1.54) is 43.1 Å². The van der Waals surface area contributed by atoms with Gasteiger partial charge in [-0.1, -0.05) is 109 Å². The van der Waals surface area contributed by atoms with Crippen molar-refractivity contribution in [2.45, 2.75) is 0 Å². The smallest absolute Gasteiger partial charge is 0.101 e. The molecule has 0 spiro atoms. The Morgan fingerprint density at radius 2 is 0.667 bits per heavy atom. The van der Waals surface area contributed by atoms with E-state index in [1.54, 1.807) is 22.7 Å². The van der Waals surface area contributed by atoms with Crippen LogP contribution in [0.4, 0.5) is 32.8 Å². The zero-order valence-corrected chi connectivity index (χ0v) is 30.9. The van der Waals surface area contributed by atoms with Gasteiger partial charge in [-0.05, 0) is 106 Å². The summed E-state index contributed by atoms with van der Waals surface area (Å²) in [7, 11) is 0. The van der Waals surface area contributed by atoms with E-state index in [4.69, 9.17) is 0 Å². The third kappa shape index (κ3) is 6.96. The lowest BCUT2D eigenvalue weighted by Gasteiger charge is -2.23. The number of nitrogens with zero attached hydrogens (tertiary/aromatic N) is 4. The maximum Gasteiger partial charge on any atom is 0.101 e. The van der Waals surface area contributed by atoms with Crippen molar-refractivity contribution in [3.63, 3.8) is 0 Å². The highest BCUT2D eigenvalue weighted by atomic mass is 32.1. The number of aromatic nitrogens is 2. The van der Waals surface area contributed by atoms with Crippen molar-refractivity contribution < 1.29 is 0 Å². The second kappa shape index (κ2) is 15.2. The molecule has 0 saturated carbocycles. The van der Waals surface area contributed by atoms with Gasteiger partial charge in [0.1, 0.15) is 10.0 Å². The summed E-state index contributed by atoms with van der Waals surface area (Å²) in [6.45, 7) is 0. The van der Waals surface area contributed by atoms with Crippen LogP contribution in [0.3, 0.4) is 0 Å². The first-order chi connectivity index (χ1) is 26.8. The van der Waals surface area contributed by atoms with Gasteiger partial charge in [-0.25, -0.2) is 0 Å². The Kier molecular flexibility index (Phi) is 9.34. The lowest BCUT2D eigenvalue weighted by atomic mass is 10.00. The van der Waals surface area contributed by atoms with Gasteiger partial charge < -0.3 is 9.80 Å². The summed E-state index contributed by atoms with van der Waals surface area (Å²) in [5, 5.41) is 2.28. The molecule has 0 fully saturated rings. The molecule has 0 aliphatic heterocycles. The molecule has 0 aliphatic rings. The van der Waals surface area contributed by atoms with E-state index in [0.29, 0.717) is 0 Å². The van der Waals surface area contributed by atoms with Gasteiger partial charge in [-0.2, -0.15) is 0 Å². The highest BCUT2D eigenvalue weighted by Gasteiger charge is 2.17. The fraction of sp³-hybridized carbons (Fsp3) is 0. The average Bonchev–Trinajstić information content (AvgIpc) is 3.95. The first kappa shape index (κ1) is 33.3. The van der Waals surface area contributed by atoms with Crippen LogP contribution < -0.4 is 9.80 Å². The lowest BCUT2D eigenvalue weighted by Crippen LogP contribution is -2.08. The lowest BCUT2D eigenvalue weighted by molar-refractivity contribution is 1.25. The van der Waals surface area contributed by atoms with Crippen LogP contribution in [0.2, 0.25) is 0 Å². The van der Waals surface area contributed by atoms with Crippen molar-refractivity contribution >= 4 is 55.4 Å². The van der Waals surface area contributed by atoms with E-state index in [-0.39, 0.29) is 0 Å². The molecule has 0 amide bonds. The molecule has 5 aromatic carbocycles. The van der Waals surface area contributed by atoms with E-state index < -0.39 is 0 Å². The largest absolute Gasteiger partial charge is 0.300 e. The Morgan fingerprint density at radius 3 is 1.02 bits per heavy atom. The summed E-state index contributed by atoms with van der Waals surface area (Å²) < 4.78 is 0. The molecule has 0 saturated heterocycles. The maximum atomic E-state index is 4.43. The summed E-state index contributed by atoms with van der Waals surface area (Å²) in [6, 6.07) is 64.5. The number of benzene rings is 5. The molecule has 6 heteroatoms. The van der Waals surface area contributed by atoms with E-state index in [2.05, 4.69) is 190 Å². The van der Waals surface area contributed by atoms with Gasteiger partial charge in [0.2, 0.25) is 0 Å². The minimum absolute atomic E-state index is 1.03. The van der Waals surface area contributed by atoms with Gasteiger partial charge in [-0.15, -0.1) is 22.7 Å². The molecule has 9 rings (SSSR count). The van der Waals surface area contributed by atoms with Crippen LogP contribution in [0.25, 0.3) is 43.1 Å². The Balaban J connectivity index is 0.955. The van der Waals surface area contributed by atoms with E-state index in [0.717, 1.165) is 32.8 Å². The Hall–Kier alpha value is -6.60. The molecule has 9 aromatic rings. The second-order valence-corrected chi connectivity index (χ2v) is 14.9. The second-order valence-electron chi connectivity index (χ2n) is 12.8. The van der Waals surface area contributed by atoms with Crippen LogP contribution in [0, 0.1) is 0 Å². The molecule has 4 heterocycles. The van der Waals surface area contributed by atoms with Crippen molar-refractivity contribution in [2.75, 3.05) is 9.80 Å². The Labute approximate surface area is 323 Å². The molecule has 258 valence electrons. The van der Waals surface area contributed by atoms with Gasteiger partial charge in [0.05, 0.1) is 23.8 Å².